The highest BCUT2D eigenvalue weighted by atomic mass is 16.4. The lowest BCUT2D eigenvalue weighted by atomic mass is 10.0. The summed E-state index contributed by atoms with van der Waals surface area (Å²) in [4.78, 5) is 0. The van der Waals surface area contributed by atoms with Gasteiger partial charge in [0.1, 0.15) is 24.4 Å². The van der Waals surface area contributed by atoms with Crippen LogP contribution < -0.4 is 0 Å². The summed E-state index contributed by atoms with van der Waals surface area (Å²) in [5, 5.41) is 52.2. The average Bonchev–Trinajstić information content (AvgIpc) is 2.12. The SMILES string of the molecule is O.OC[C@@H](O)[C@@H](O)[C@H](O)[C@@H](O)CO. The zero-order valence-corrected chi connectivity index (χ0v) is 6.91. The summed E-state index contributed by atoms with van der Waals surface area (Å²) >= 11 is 0. The van der Waals surface area contributed by atoms with Gasteiger partial charge in [0.15, 0.2) is 0 Å². The summed E-state index contributed by atoms with van der Waals surface area (Å²) in [5.41, 5.74) is 0. The lowest BCUT2D eigenvalue weighted by molar-refractivity contribution is -0.123. The van der Waals surface area contributed by atoms with Gasteiger partial charge in [-0.1, -0.05) is 0 Å². The lowest BCUT2D eigenvalue weighted by Gasteiger charge is -2.24. The fourth-order valence-corrected chi connectivity index (χ4v) is 0.671. The van der Waals surface area contributed by atoms with Crippen molar-refractivity contribution in [3.05, 3.63) is 0 Å². The van der Waals surface area contributed by atoms with Gasteiger partial charge in [-0.2, -0.15) is 0 Å². The van der Waals surface area contributed by atoms with E-state index < -0.39 is 37.6 Å². The van der Waals surface area contributed by atoms with E-state index in [9.17, 15) is 0 Å². The fourth-order valence-electron chi connectivity index (χ4n) is 0.671. The van der Waals surface area contributed by atoms with Gasteiger partial charge >= 0.3 is 0 Å². The van der Waals surface area contributed by atoms with E-state index in [2.05, 4.69) is 0 Å². The van der Waals surface area contributed by atoms with Crippen molar-refractivity contribution in [1.29, 1.82) is 0 Å². The standard InChI is InChI=1S/C6H14O6.H2O/c7-1-3(9)5(11)6(12)4(10)2-8;/h3-12H,1-2H2;1H2/t3-,4+,5-,6-;/m1./s1. The normalized spacial score (nSPS) is 19.8. The van der Waals surface area contributed by atoms with Crippen LogP contribution in [0.2, 0.25) is 0 Å². The number of hydrogen-bond donors (Lipinski definition) is 6. The number of rotatable bonds is 5. The van der Waals surface area contributed by atoms with Crippen molar-refractivity contribution in [1.82, 2.24) is 0 Å². The Morgan fingerprint density at radius 1 is 0.692 bits per heavy atom. The minimum atomic E-state index is -1.67. The van der Waals surface area contributed by atoms with Crippen LogP contribution in [0.5, 0.6) is 0 Å². The van der Waals surface area contributed by atoms with E-state index >= 15 is 0 Å². The molecule has 7 heteroatoms. The first-order chi connectivity index (χ1) is 5.54. The molecule has 82 valence electrons. The molecule has 8 N–H and O–H groups in total. The third-order valence-corrected chi connectivity index (χ3v) is 1.51. The number of aliphatic hydroxyl groups is 6. The van der Waals surface area contributed by atoms with Crippen LogP contribution in [0.3, 0.4) is 0 Å². The minimum Gasteiger partial charge on any atom is -0.412 e. The van der Waals surface area contributed by atoms with E-state index in [0.29, 0.717) is 0 Å². The molecule has 0 radical (unpaired) electrons. The van der Waals surface area contributed by atoms with Gasteiger partial charge in [0.2, 0.25) is 0 Å². The molecule has 13 heavy (non-hydrogen) atoms. The zero-order valence-electron chi connectivity index (χ0n) is 6.91. The molecule has 4 atom stereocenters. The Balaban J connectivity index is 0. The van der Waals surface area contributed by atoms with Crippen LogP contribution in [-0.2, 0) is 0 Å². The maximum absolute atomic E-state index is 8.96. The molecule has 0 fully saturated rings. The number of hydrogen-bond acceptors (Lipinski definition) is 6. The Morgan fingerprint density at radius 3 is 1.08 bits per heavy atom. The van der Waals surface area contributed by atoms with Crippen molar-refractivity contribution in [2.45, 2.75) is 24.4 Å². The predicted molar refractivity (Wildman–Crippen MR) is 41.8 cm³/mol. The Morgan fingerprint density at radius 2 is 0.923 bits per heavy atom. The number of aliphatic hydroxyl groups excluding tert-OH is 6. The van der Waals surface area contributed by atoms with E-state index in [1.165, 1.54) is 0 Å². The van der Waals surface area contributed by atoms with Gasteiger partial charge in [0.25, 0.3) is 0 Å². The first kappa shape index (κ1) is 15.2. The molecule has 0 saturated heterocycles. The van der Waals surface area contributed by atoms with Gasteiger partial charge in [0, 0.05) is 0 Å². The second-order valence-electron chi connectivity index (χ2n) is 2.48. The summed E-state index contributed by atoms with van der Waals surface area (Å²) in [6.45, 7) is -1.45. The van der Waals surface area contributed by atoms with Gasteiger partial charge in [-0.25, -0.2) is 0 Å². The van der Waals surface area contributed by atoms with Gasteiger partial charge in [-0.3, -0.25) is 0 Å². The fraction of sp³-hybridized carbons (Fsp3) is 1.00. The molecule has 0 aliphatic rings. The second-order valence-corrected chi connectivity index (χ2v) is 2.48. The van der Waals surface area contributed by atoms with Crippen LogP contribution in [0.1, 0.15) is 0 Å². The molecule has 0 aliphatic heterocycles. The van der Waals surface area contributed by atoms with Crippen LogP contribution in [0, 0.1) is 0 Å². The van der Waals surface area contributed by atoms with Crippen LogP contribution in [0.15, 0.2) is 0 Å². The molecule has 0 unspecified atom stereocenters. The minimum absolute atomic E-state index is 0. The van der Waals surface area contributed by atoms with Crippen LogP contribution in [-0.4, -0.2) is 73.7 Å². The van der Waals surface area contributed by atoms with Crippen molar-refractivity contribution in [3.8, 4) is 0 Å². The summed E-state index contributed by atoms with van der Waals surface area (Å²) in [5.74, 6) is 0. The third-order valence-electron chi connectivity index (χ3n) is 1.51. The molecule has 0 heterocycles. The zero-order chi connectivity index (χ0) is 9.72. The van der Waals surface area contributed by atoms with Gasteiger partial charge in [-0.15, -0.1) is 0 Å². The topological polar surface area (TPSA) is 153 Å². The monoisotopic (exact) mass is 200 g/mol. The van der Waals surface area contributed by atoms with Crippen LogP contribution in [0.25, 0.3) is 0 Å². The smallest absolute Gasteiger partial charge is 0.111 e. The highest BCUT2D eigenvalue weighted by Crippen LogP contribution is 2.03. The highest BCUT2D eigenvalue weighted by Gasteiger charge is 2.29. The Bertz CT molecular complexity index is 106. The lowest BCUT2D eigenvalue weighted by Crippen LogP contribution is -2.46. The third kappa shape index (κ3) is 4.48. The van der Waals surface area contributed by atoms with Crippen molar-refractivity contribution in [3.63, 3.8) is 0 Å². The van der Waals surface area contributed by atoms with Gasteiger partial charge < -0.3 is 36.1 Å². The molecule has 0 rings (SSSR count). The second kappa shape index (κ2) is 7.15. The maximum Gasteiger partial charge on any atom is 0.111 e. The van der Waals surface area contributed by atoms with Crippen LogP contribution in [0.4, 0.5) is 0 Å². The Kier molecular flexibility index (Phi) is 8.37. The molecule has 0 aromatic carbocycles. The van der Waals surface area contributed by atoms with E-state index in [-0.39, 0.29) is 5.48 Å². The van der Waals surface area contributed by atoms with Crippen molar-refractivity contribution in [2.75, 3.05) is 13.2 Å². The van der Waals surface area contributed by atoms with Crippen molar-refractivity contribution < 1.29 is 36.1 Å². The molecular formula is C6H16O7. The van der Waals surface area contributed by atoms with Crippen LogP contribution >= 0.6 is 0 Å². The quantitative estimate of drug-likeness (QED) is 0.263. The molecule has 0 aromatic rings. The maximum atomic E-state index is 8.96. The molecule has 0 aliphatic carbocycles. The predicted octanol–water partition coefficient (Wildman–Crippen LogP) is -4.41. The van der Waals surface area contributed by atoms with E-state index in [1.807, 2.05) is 0 Å². The first-order valence-corrected chi connectivity index (χ1v) is 3.48. The summed E-state index contributed by atoms with van der Waals surface area (Å²) in [6.07, 6.45) is -6.39. The molecule has 7 nitrogen and oxygen atoms in total. The first-order valence-electron chi connectivity index (χ1n) is 3.48. The Hall–Kier alpha value is -0.280. The Labute approximate surface area is 74.8 Å². The largest absolute Gasteiger partial charge is 0.412 e. The van der Waals surface area contributed by atoms with E-state index in [1.54, 1.807) is 0 Å². The van der Waals surface area contributed by atoms with E-state index in [4.69, 9.17) is 30.6 Å². The summed E-state index contributed by atoms with van der Waals surface area (Å²) in [7, 11) is 0. The van der Waals surface area contributed by atoms with Gasteiger partial charge in [-0.05, 0) is 0 Å². The molecule has 0 aromatic heterocycles. The van der Waals surface area contributed by atoms with E-state index in [0.717, 1.165) is 0 Å². The van der Waals surface area contributed by atoms with Crippen molar-refractivity contribution in [2.24, 2.45) is 0 Å². The highest BCUT2D eigenvalue weighted by molar-refractivity contribution is 4.79. The summed E-state index contributed by atoms with van der Waals surface area (Å²) < 4.78 is 0. The molecule has 0 amide bonds. The molecule has 0 bridgehead atoms. The van der Waals surface area contributed by atoms with Crippen molar-refractivity contribution >= 4 is 0 Å². The summed E-state index contributed by atoms with van der Waals surface area (Å²) in [6, 6.07) is 0. The molecule has 0 spiro atoms. The molecule has 0 saturated carbocycles. The molecular weight excluding hydrogens is 184 g/mol. The average molecular weight is 200 g/mol. The van der Waals surface area contributed by atoms with Gasteiger partial charge in [0.05, 0.1) is 13.2 Å².